The molecule has 1 rings (SSSR count). The van der Waals surface area contributed by atoms with E-state index < -0.39 is 0 Å². The minimum Gasteiger partial charge on any atom is -0.330 e. The van der Waals surface area contributed by atoms with Crippen LogP contribution < -0.4 is 10.6 Å². The number of hydrogen-bond acceptors (Lipinski definition) is 4. The van der Waals surface area contributed by atoms with Crippen molar-refractivity contribution in [1.29, 1.82) is 0 Å². The van der Waals surface area contributed by atoms with Crippen LogP contribution in [0.5, 0.6) is 0 Å². The van der Waals surface area contributed by atoms with E-state index >= 15 is 0 Å². The highest BCUT2D eigenvalue weighted by Crippen LogP contribution is 2.07. The average molecular weight is 213 g/mol. The molecular formula is C10H19N3O2. The fourth-order valence-corrected chi connectivity index (χ4v) is 1.69. The molecule has 0 aromatic carbocycles. The maximum Gasteiger partial charge on any atom is 0.255 e. The highest BCUT2D eigenvalue weighted by atomic mass is 16.2. The maximum atomic E-state index is 12.0. The third kappa shape index (κ3) is 2.76. The Bertz CT molecular complexity index is 255. The predicted molar refractivity (Wildman–Crippen MR) is 57.3 cm³/mol. The van der Waals surface area contributed by atoms with Crippen molar-refractivity contribution in [2.75, 3.05) is 20.1 Å². The van der Waals surface area contributed by atoms with Gasteiger partial charge in [-0.3, -0.25) is 20.2 Å². The number of Topliss-reactive ketones (excluding diaryl/α,β-unsaturated/α-hetero) is 1. The molecule has 5 nitrogen and oxygen atoms in total. The molecule has 0 saturated carbocycles. The van der Waals surface area contributed by atoms with Crippen molar-refractivity contribution >= 4 is 11.7 Å². The van der Waals surface area contributed by atoms with Crippen LogP contribution in [0.3, 0.4) is 0 Å². The first-order chi connectivity index (χ1) is 7.07. The molecule has 86 valence electrons. The van der Waals surface area contributed by atoms with Crippen LogP contribution in [0, 0.1) is 0 Å². The molecule has 2 unspecified atom stereocenters. The number of carbonyl (C=O) groups is 2. The zero-order chi connectivity index (χ0) is 11.4. The zero-order valence-electron chi connectivity index (χ0n) is 9.54. The van der Waals surface area contributed by atoms with Crippen molar-refractivity contribution in [1.82, 2.24) is 15.5 Å². The van der Waals surface area contributed by atoms with Crippen LogP contribution in [0.2, 0.25) is 0 Å². The Labute approximate surface area is 90.2 Å². The van der Waals surface area contributed by atoms with Crippen LogP contribution in [0.15, 0.2) is 0 Å². The fraction of sp³-hybridized carbons (Fsp3) is 0.800. The van der Waals surface area contributed by atoms with Gasteiger partial charge in [-0.15, -0.1) is 0 Å². The van der Waals surface area contributed by atoms with Gasteiger partial charge in [0.05, 0.1) is 6.04 Å². The van der Waals surface area contributed by atoms with Crippen LogP contribution >= 0.6 is 0 Å². The van der Waals surface area contributed by atoms with Gasteiger partial charge in [-0.25, -0.2) is 0 Å². The molecule has 0 aromatic rings. The van der Waals surface area contributed by atoms with Gasteiger partial charge in [-0.2, -0.15) is 0 Å². The van der Waals surface area contributed by atoms with Gasteiger partial charge in [0.25, 0.3) is 5.91 Å². The standard InChI is InChI=1S/C10H19N3O2/c1-7(8(2)14)13-6-4-5-12-9(11-3)10(13)15/h7,9,11-12H,4-6H2,1-3H3. The van der Waals surface area contributed by atoms with Crippen LogP contribution in [0.25, 0.3) is 0 Å². The molecule has 2 atom stereocenters. The molecule has 2 N–H and O–H groups in total. The summed E-state index contributed by atoms with van der Waals surface area (Å²) in [6.45, 7) is 4.73. The van der Waals surface area contributed by atoms with E-state index in [1.54, 1.807) is 18.9 Å². The summed E-state index contributed by atoms with van der Waals surface area (Å²) in [6, 6.07) is -0.326. The molecule has 0 spiro atoms. The van der Waals surface area contributed by atoms with E-state index in [-0.39, 0.29) is 23.9 Å². The Balaban J connectivity index is 2.77. The van der Waals surface area contributed by atoms with Gasteiger partial charge in [0, 0.05) is 6.54 Å². The molecule has 5 heteroatoms. The van der Waals surface area contributed by atoms with Crippen LogP contribution in [-0.2, 0) is 9.59 Å². The topological polar surface area (TPSA) is 61.4 Å². The first-order valence-corrected chi connectivity index (χ1v) is 5.29. The molecule has 1 saturated heterocycles. The molecule has 1 heterocycles. The second kappa shape index (κ2) is 5.23. The monoisotopic (exact) mass is 213 g/mol. The van der Waals surface area contributed by atoms with Crippen molar-refractivity contribution in [3.8, 4) is 0 Å². The van der Waals surface area contributed by atoms with Crippen LogP contribution in [0.4, 0.5) is 0 Å². The van der Waals surface area contributed by atoms with Crippen molar-refractivity contribution in [3.05, 3.63) is 0 Å². The summed E-state index contributed by atoms with van der Waals surface area (Å²) in [5.41, 5.74) is 0. The Morgan fingerprint density at radius 2 is 2.33 bits per heavy atom. The second-order valence-corrected chi connectivity index (χ2v) is 3.85. The van der Waals surface area contributed by atoms with Crippen molar-refractivity contribution in [2.24, 2.45) is 0 Å². The van der Waals surface area contributed by atoms with Crippen molar-refractivity contribution < 1.29 is 9.59 Å². The lowest BCUT2D eigenvalue weighted by molar-refractivity contribution is -0.139. The number of ketones is 1. The molecule has 1 fully saturated rings. The SMILES string of the molecule is CNC1NCCCN(C(C)C(C)=O)C1=O. The van der Waals surface area contributed by atoms with E-state index in [1.807, 2.05) is 0 Å². The lowest BCUT2D eigenvalue weighted by atomic mass is 10.2. The summed E-state index contributed by atoms with van der Waals surface area (Å²) >= 11 is 0. The Morgan fingerprint density at radius 3 is 2.87 bits per heavy atom. The molecule has 0 aromatic heterocycles. The average Bonchev–Trinajstić information content (AvgIpc) is 2.39. The molecule has 15 heavy (non-hydrogen) atoms. The number of carbonyl (C=O) groups excluding carboxylic acids is 2. The van der Waals surface area contributed by atoms with E-state index in [0.29, 0.717) is 6.54 Å². The number of amides is 1. The molecule has 0 aliphatic carbocycles. The Morgan fingerprint density at radius 1 is 1.67 bits per heavy atom. The molecule has 1 amide bonds. The maximum absolute atomic E-state index is 12.0. The van der Waals surface area contributed by atoms with Gasteiger partial charge < -0.3 is 4.90 Å². The molecular weight excluding hydrogens is 194 g/mol. The van der Waals surface area contributed by atoms with Gasteiger partial charge in [0.2, 0.25) is 0 Å². The highest BCUT2D eigenvalue weighted by Gasteiger charge is 2.30. The lowest BCUT2D eigenvalue weighted by Gasteiger charge is -2.28. The van der Waals surface area contributed by atoms with Gasteiger partial charge >= 0.3 is 0 Å². The molecule has 1 aliphatic rings. The quantitative estimate of drug-likeness (QED) is 0.653. The third-order valence-electron chi connectivity index (χ3n) is 2.80. The van der Waals surface area contributed by atoms with Gasteiger partial charge in [0.15, 0.2) is 5.78 Å². The summed E-state index contributed by atoms with van der Waals surface area (Å²) in [4.78, 5) is 24.9. The minimum atomic E-state index is -0.366. The van der Waals surface area contributed by atoms with Crippen molar-refractivity contribution in [3.63, 3.8) is 0 Å². The molecule has 0 bridgehead atoms. The Kier molecular flexibility index (Phi) is 4.23. The zero-order valence-corrected chi connectivity index (χ0v) is 9.54. The van der Waals surface area contributed by atoms with E-state index in [0.717, 1.165) is 13.0 Å². The van der Waals surface area contributed by atoms with Crippen molar-refractivity contribution in [2.45, 2.75) is 32.5 Å². The first-order valence-electron chi connectivity index (χ1n) is 5.29. The summed E-state index contributed by atoms with van der Waals surface area (Å²) in [5, 5.41) is 6.00. The fourth-order valence-electron chi connectivity index (χ4n) is 1.69. The number of nitrogens with zero attached hydrogens (tertiary/aromatic N) is 1. The van der Waals surface area contributed by atoms with Crippen LogP contribution in [0.1, 0.15) is 20.3 Å². The third-order valence-corrected chi connectivity index (χ3v) is 2.80. The van der Waals surface area contributed by atoms with Gasteiger partial charge in [-0.05, 0) is 33.9 Å². The highest BCUT2D eigenvalue weighted by molar-refractivity contribution is 5.89. The number of hydrogen-bond donors (Lipinski definition) is 2. The molecule has 0 radical (unpaired) electrons. The first kappa shape index (κ1) is 12.1. The normalized spacial score (nSPS) is 24.9. The van der Waals surface area contributed by atoms with E-state index in [9.17, 15) is 9.59 Å². The second-order valence-electron chi connectivity index (χ2n) is 3.85. The summed E-state index contributed by atoms with van der Waals surface area (Å²) in [7, 11) is 1.73. The Hall–Kier alpha value is -0.940. The smallest absolute Gasteiger partial charge is 0.255 e. The summed E-state index contributed by atoms with van der Waals surface area (Å²) in [5.74, 6) is -0.0159. The number of nitrogens with one attached hydrogen (secondary N) is 2. The molecule has 1 aliphatic heterocycles. The summed E-state index contributed by atoms with van der Waals surface area (Å²) < 4.78 is 0. The van der Waals surface area contributed by atoms with E-state index in [1.165, 1.54) is 6.92 Å². The summed E-state index contributed by atoms with van der Waals surface area (Å²) in [6.07, 6.45) is 0.510. The number of rotatable bonds is 3. The van der Waals surface area contributed by atoms with Gasteiger partial charge in [-0.1, -0.05) is 0 Å². The number of likely N-dealkylation sites (N-methyl/N-ethyl adjacent to an activating group) is 1. The lowest BCUT2D eigenvalue weighted by Crippen LogP contribution is -2.54. The van der Waals surface area contributed by atoms with Crippen LogP contribution in [-0.4, -0.2) is 48.9 Å². The largest absolute Gasteiger partial charge is 0.330 e. The van der Waals surface area contributed by atoms with E-state index in [2.05, 4.69) is 10.6 Å². The van der Waals surface area contributed by atoms with E-state index in [4.69, 9.17) is 0 Å². The predicted octanol–water partition coefficient (Wildman–Crippen LogP) is -0.669. The van der Waals surface area contributed by atoms with Gasteiger partial charge in [0.1, 0.15) is 6.17 Å². The minimum absolute atomic E-state index is 0.0279.